The number of carbonyl (C=O) groups is 1. The van der Waals surface area contributed by atoms with Gasteiger partial charge in [0.2, 0.25) is 11.1 Å². The molecule has 1 atom stereocenters. The number of benzene rings is 1. The lowest BCUT2D eigenvalue weighted by molar-refractivity contribution is -0.131. The van der Waals surface area contributed by atoms with Crippen LogP contribution in [-0.4, -0.2) is 44.0 Å². The van der Waals surface area contributed by atoms with Crippen LogP contribution in [0.5, 0.6) is 0 Å². The van der Waals surface area contributed by atoms with Gasteiger partial charge in [-0.2, -0.15) is 0 Å². The molecule has 128 valence electrons. The summed E-state index contributed by atoms with van der Waals surface area (Å²) < 4.78 is 1.46. The van der Waals surface area contributed by atoms with Crippen molar-refractivity contribution in [2.24, 2.45) is 0 Å². The molecular formula is C17H23N5OS. The van der Waals surface area contributed by atoms with Crippen LogP contribution < -0.4 is 5.84 Å². The third-order valence-electron chi connectivity index (χ3n) is 4.42. The van der Waals surface area contributed by atoms with E-state index in [1.54, 1.807) is 0 Å². The number of nitrogen functional groups attached to an aromatic ring is 1. The molecular weight excluding hydrogens is 322 g/mol. The third kappa shape index (κ3) is 3.56. The molecule has 0 radical (unpaired) electrons. The SMILES string of the molecule is Cc1ccc(-c2nnc(SCC(=O)N3CCCC[C@H]3C)n2N)cc1. The van der Waals surface area contributed by atoms with Crippen LogP contribution in [0.15, 0.2) is 29.4 Å². The Bertz CT molecular complexity index is 712. The second-order valence-electron chi connectivity index (χ2n) is 6.26. The van der Waals surface area contributed by atoms with Gasteiger partial charge in [-0.25, -0.2) is 4.68 Å². The summed E-state index contributed by atoms with van der Waals surface area (Å²) in [7, 11) is 0. The average Bonchev–Trinajstić information content (AvgIpc) is 2.95. The van der Waals surface area contributed by atoms with E-state index in [0.717, 1.165) is 24.9 Å². The number of thioether (sulfide) groups is 1. The lowest BCUT2D eigenvalue weighted by Crippen LogP contribution is -2.43. The van der Waals surface area contributed by atoms with Gasteiger partial charge in [-0.3, -0.25) is 4.79 Å². The molecule has 0 spiro atoms. The molecule has 1 aromatic heterocycles. The number of hydrogen-bond acceptors (Lipinski definition) is 5. The van der Waals surface area contributed by atoms with E-state index >= 15 is 0 Å². The summed E-state index contributed by atoms with van der Waals surface area (Å²) in [4.78, 5) is 14.4. The molecule has 1 aliphatic heterocycles. The van der Waals surface area contributed by atoms with Crippen LogP contribution >= 0.6 is 11.8 Å². The smallest absolute Gasteiger partial charge is 0.233 e. The molecule has 2 N–H and O–H groups in total. The standard InChI is InChI=1S/C17H23N5OS/c1-12-6-8-14(9-7-12)16-19-20-17(22(16)18)24-11-15(23)21-10-4-3-5-13(21)2/h6-9,13H,3-5,10-11,18H2,1-2H3/t13-/m1/s1. The second kappa shape index (κ2) is 7.25. The van der Waals surface area contributed by atoms with E-state index < -0.39 is 0 Å². The predicted octanol–water partition coefficient (Wildman–Crippen LogP) is 2.46. The molecule has 7 heteroatoms. The van der Waals surface area contributed by atoms with Crippen molar-refractivity contribution in [3.8, 4) is 11.4 Å². The normalized spacial score (nSPS) is 17.9. The fraction of sp³-hybridized carbons (Fsp3) is 0.471. The topological polar surface area (TPSA) is 77.0 Å². The summed E-state index contributed by atoms with van der Waals surface area (Å²) in [5, 5.41) is 8.85. The maximum Gasteiger partial charge on any atom is 0.233 e. The summed E-state index contributed by atoms with van der Waals surface area (Å²) in [5.74, 6) is 7.21. The fourth-order valence-corrected chi connectivity index (χ4v) is 3.70. The zero-order valence-corrected chi connectivity index (χ0v) is 14.9. The van der Waals surface area contributed by atoms with E-state index in [4.69, 9.17) is 5.84 Å². The van der Waals surface area contributed by atoms with Crippen molar-refractivity contribution >= 4 is 17.7 Å². The van der Waals surface area contributed by atoms with E-state index in [-0.39, 0.29) is 5.91 Å². The Hall–Kier alpha value is -2.02. The number of nitrogens with two attached hydrogens (primary N) is 1. The van der Waals surface area contributed by atoms with Crippen LogP contribution in [-0.2, 0) is 4.79 Å². The third-order valence-corrected chi connectivity index (χ3v) is 5.35. The number of rotatable bonds is 4. The zero-order chi connectivity index (χ0) is 17.1. The summed E-state index contributed by atoms with van der Waals surface area (Å²) in [6.45, 7) is 5.00. The number of nitrogens with zero attached hydrogens (tertiary/aromatic N) is 4. The molecule has 1 aliphatic rings. The van der Waals surface area contributed by atoms with E-state index in [0.29, 0.717) is 22.8 Å². The van der Waals surface area contributed by atoms with Crippen molar-refractivity contribution in [1.82, 2.24) is 19.8 Å². The van der Waals surface area contributed by atoms with Crippen molar-refractivity contribution < 1.29 is 4.79 Å². The first-order valence-electron chi connectivity index (χ1n) is 8.26. The zero-order valence-electron chi connectivity index (χ0n) is 14.1. The first-order valence-corrected chi connectivity index (χ1v) is 9.24. The first-order chi connectivity index (χ1) is 11.6. The van der Waals surface area contributed by atoms with E-state index in [2.05, 4.69) is 17.1 Å². The van der Waals surface area contributed by atoms with Gasteiger partial charge >= 0.3 is 0 Å². The highest BCUT2D eigenvalue weighted by Gasteiger charge is 2.23. The second-order valence-corrected chi connectivity index (χ2v) is 7.21. The number of carbonyl (C=O) groups excluding carboxylic acids is 1. The monoisotopic (exact) mass is 345 g/mol. The molecule has 3 rings (SSSR count). The van der Waals surface area contributed by atoms with Crippen molar-refractivity contribution in [2.75, 3.05) is 18.1 Å². The average molecular weight is 345 g/mol. The van der Waals surface area contributed by atoms with Gasteiger partial charge in [0.25, 0.3) is 0 Å². The molecule has 1 saturated heterocycles. The van der Waals surface area contributed by atoms with Crippen molar-refractivity contribution in [2.45, 2.75) is 44.3 Å². The number of piperidine rings is 1. The molecule has 1 aromatic carbocycles. The van der Waals surface area contributed by atoms with Crippen LogP contribution in [0.1, 0.15) is 31.7 Å². The largest absolute Gasteiger partial charge is 0.339 e. The molecule has 0 saturated carbocycles. The molecule has 2 heterocycles. The van der Waals surface area contributed by atoms with E-state index in [1.165, 1.54) is 28.4 Å². The minimum Gasteiger partial charge on any atom is -0.339 e. The van der Waals surface area contributed by atoms with Crippen molar-refractivity contribution in [3.63, 3.8) is 0 Å². The Morgan fingerprint density at radius 1 is 1.29 bits per heavy atom. The van der Waals surface area contributed by atoms with Gasteiger partial charge < -0.3 is 10.7 Å². The predicted molar refractivity (Wildman–Crippen MR) is 96.1 cm³/mol. The lowest BCUT2D eigenvalue weighted by atomic mass is 10.0. The summed E-state index contributed by atoms with van der Waals surface area (Å²) >= 11 is 1.34. The van der Waals surface area contributed by atoms with Gasteiger partial charge in [0.1, 0.15) is 0 Å². The lowest BCUT2D eigenvalue weighted by Gasteiger charge is -2.33. The Labute approximate surface area is 146 Å². The van der Waals surface area contributed by atoms with Crippen LogP contribution in [0.4, 0.5) is 0 Å². The van der Waals surface area contributed by atoms with E-state index in [1.807, 2.05) is 36.1 Å². The summed E-state index contributed by atoms with van der Waals surface area (Å²) in [6, 6.07) is 8.29. The summed E-state index contributed by atoms with van der Waals surface area (Å²) in [5.41, 5.74) is 2.09. The van der Waals surface area contributed by atoms with Crippen molar-refractivity contribution in [1.29, 1.82) is 0 Å². The molecule has 24 heavy (non-hydrogen) atoms. The Morgan fingerprint density at radius 3 is 2.75 bits per heavy atom. The molecule has 0 aliphatic carbocycles. The van der Waals surface area contributed by atoms with Gasteiger partial charge in [0.15, 0.2) is 5.82 Å². The molecule has 6 nitrogen and oxygen atoms in total. The minimum absolute atomic E-state index is 0.145. The number of likely N-dealkylation sites (tertiary alicyclic amines) is 1. The fourth-order valence-electron chi connectivity index (χ4n) is 2.95. The first kappa shape index (κ1) is 16.8. The Kier molecular flexibility index (Phi) is 5.08. The van der Waals surface area contributed by atoms with Gasteiger partial charge in [-0.1, -0.05) is 41.6 Å². The quantitative estimate of drug-likeness (QED) is 0.680. The maximum atomic E-state index is 12.4. The molecule has 0 bridgehead atoms. The highest BCUT2D eigenvalue weighted by atomic mass is 32.2. The van der Waals surface area contributed by atoms with Crippen molar-refractivity contribution in [3.05, 3.63) is 29.8 Å². The van der Waals surface area contributed by atoms with Crippen LogP contribution in [0.2, 0.25) is 0 Å². The number of aryl methyl sites for hydroxylation is 1. The molecule has 2 aromatic rings. The summed E-state index contributed by atoms with van der Waals surface area (Å²) in [6.07, 6.45) is 3.38. The van der Waals surface area contributed by atoms with Crippen LogP contribution in [0.25, 0.3) is 11.4 Å². The molecule has 0 unspecified atom stereocenters. The van der Waals surface area contributed by atoms with Gasteiger partial charge in [-0.15, -0.1) is 10.2 Å². The highest BCUT2D eigenvalue weighted by molar-refractivity contribution is 7.99. The van der Waals surface area contributed by atoms with Gasteiger partial charge in [0.05, 0.1) is 5.75 Å². The molecule has 1 fully saturated rings. The number of aromatic nitrogens is 3. The Balaban J connectivity index is 1.66. The van der Waals surface area contributed by atoms with Gasteiger partial charge in [-0.05, 0) is 33.1 Å². The van der Waals surface area contributed by atoms with Gasteiger partial charge in [0, 0.05) is 18.2 Å². The molecule has 1 amide bonds. The van der Waals surface area contributed by atoms with Crippen LogP contribution in [0.3, 0.4) is 0 Å². The minimum atomic E-state index is 0.145. The number of amides is 1. The Morgan fingerprint density at radius 2 is 2.04 bits per heavy atom. The van der Waals surface area contributed by atoms with E-state index in [9.17, 15) is 4.79 Å². The maximum absolute atomic E-state index is 12.4. The highest BCUT2D eigenvalue weighted by Crippen LogP contribution is 2.23. The number of hydrogen-bond donors (Lipinski definition) is 1. The van der Waals surface area contributed by atoms with Crippen LogP contribution in [0, 0.1) is 6.92 Å².